The second-order valence-corrected chi connectivity index (χ2v) is 12.0. The van der Waals surface area contributed by atoms with Crippen molar-refractivity contribution >= 4 is 49.3 Å². The van der Waals surface area contributed by atoms with Gasteiger partial charge in [0.05, 0.1) is 46.0 Å². The van der Waals surface area contributed by atoms with E-state index in [0.29, 0.717) is 11.3 Å². The van der Waals surface area contributed by atoms with E-state index in [2.05, 4.69) is 135 Å². The largest absolute Gasteiger partial charge is 0.309 e. The van der Waals surface area contributed by atoms with Crippen molar-refractivity contribution in [2.45, 2.75) is 0 Å². The molecular formula is C44H26N4. The number of rotatable bonds is 4. The third kappa shape index (κ3) is 4.14. The van der Waals surface area contributed by atoms with E-state index in [1.54, 1.807) is 6.07 Å². The maximum atomic E-state index is 10.4. The highest BCUT2D eigenvalue weighted by atomic mass is 15.0. The highest BCUT2D eigenvalue weighted by Crippen LogP contribution is 2.42. The molecule has 0 radical (unpaired) electrons. The van der Waals surface area contributed by atoms with E-state index in [1.807, 2.05) is 36.4 Å². The van der Waals surface area contributed by atoms with Crippen molar-refractivity contribution in [3.63, 3.8) is 0 Å². The van der Waals surface area contributed by atoms with Gasteiger partial charge >= 0.3 is 0 Å². The average Bonchev–Trinajstić information content (AvgIpc) is 3.67. The molecule has 0 N–H and O–H groups in total. The molecule has 48 heavy (non-hydrogen) atoms. The third-order valence-corrected chi connectivity index (χ3v) is 9.35. The number of benzene rings is 7. The second-order valence-electron chi connectivity index (χ2n) is 12.0. The quantitative estimate of drug-likeness (QED) is 0.183. The maximum absolute atomic E-state index is 10.4. The zero-order valence-corrected chi connectivity index (χ0v) is 25.8. The van der Waals surface area contributed by atoms with Crippen LogP contribution in [0.3, 0.4) is 0 Å². The fourth-order valence-electron chi connectivity index (χ4n) is 7.25. The third-order valence-electron chi connectivity index (χ3n) is 9.35. The first-order valence-corrected chi connectivity index (χ1v) is 15.9. The summed E-state index contributed by atoms with van der Waals surface area (Å²) in [5.41, 5.74) is 10.7. The van der Waals surface area contributed by atoms with Crippen molar-refractivity contribution in [2.24, 2.45) is 0 Å². The van der Waals surface area contributed by atoms with E-state index in [-0.39, 0.29) is 0 Å². The number of nitriles is 1. The summed E-state index contributed by atoms with van der Waals surface area (Å²) in [6, 6.07) is 56.7. The summed E-state index contributed by atoms with van der Waals surface area (Å²) in [7, 11) is 0. The molecule has 0 amide bonds. The van der Waals surface area contributed by atoms with Gasteiger partial charge in [0.1, 0.15) is 0 Å². The maximum Gasteiger partial charge on any atom is 0.196 e. The van der Waals surface area contributed by atoms with Gasteiger partial charge in [0.15, 0.2) is 5.69 Å². The van der Waals surface area contributed by atoms with Gasteiger partial charge in [0, 0.05) is 27.2 Å². The van der Waals surface area contributed by atoms with Crippen molar-refractivity contribution in [1.29, 1.82) is 5.26 Å². The van der Waals surface area contributed by atoms with E-state index >= 15 is 0 Å². The molecule has 0 aliphatic carbocycles. The first kappa shape index (κ1) is 27.4. The molecule has 2 aromatic heterocycles. The van der Waals surface area contributed by atoms with E-state index in [0.717, 1.165) is 66.5 Å². The molecule has 4 nitrogen and oxygen atoms in total. The molecular weight excluding hydrogens is 585 g/mol. The molecule has 0 unspecified atom stereocenters. The normalized spacial score (nSPS) is 11.3. The number of para-hydroxylation sites is 4. The first-order valence-electron chi connectivity index (χ1n) is 15.9. The van der Waals surface area contributed by atoms with Crippen LogP contribution in [0.15, 0.2) is 158 Å². The van der Waals surface area contributed by atoms with Gasteiger partial charge in [-0.2, -0.15) is 5.26 Å². The lowest BCUT2D eigenvalue weighted by molar-refractivity contribution is 1.17. The Kier molecular flexibility index (Phi) is 6.22. The molecule has 0 bridgehead atoms. The van der Waals surface area contributed by atoms with E-state index in [1.165, 1.54) is 10.8 Å². The minimum Gasteiger partial charge on any atom is -0.309 e. The van der Waals surface area contributed by atoms with Crippen LogP contribution >= 0.6 is 0 Å². The Balaban J connectivity index is 1.37. The molecule has 0 atom stereocenters. The Morgan fingerprint density at radius 2 is 0.958 bits per heavy atom. The van der Waals surface area contributed by atoms with Crippen molar-refractivity contribution in [1.82, 2.24) is 9.13 Å². The van der Waals surface area contributed by atoms with Crippen LogP contribution in [0.1, 0.15) is 5.56 Å². The summed E-state index contributed by atoms with van der Waals surface area (Å²) in [4.78, 5) is 3.98. The topological polar surface area (TPSA) is 38.0 Å². The zero-order chi connectivity index (χ0) is 32.2. The second kappa shape index (κ2) is 10.9. The van der Waals surface area contributed by atoms with E-state index in [4.69, 9.17) is 6.57 Å². The molecule has 0 fully saturated rings. The molecule has 0 aliphatic rings. The molecule has 222 valence electrons. The minimum absolute atomic E-state index is 0.439. The lowest BCUT2D eigenvalue weighted by Crippen LogP contribution is -1.99. The fraction of sp³-hybridized carbons (Fsp3) is 0. The van der Waals surface area contributed by atoms with Crippen LogP contribution < -0.4 is 0 Å². The summed E-state index contributed by atoms with van der Waals surface area (Å²) in [6.45, 7) is 8.24. The molecule has 9 aromatic rings. The van der Waals surface area contributed by atoms with Crippen molar-refractivity contribution in [3.8, 4) is 39.7 Å². The van der Waals surface area contributed by atoms with Gasteiger partial charge in [-0.1, -0.05) is 103 Å². The Labute approximate surface area is 277 Å². The van der Waals surface area contributed by atoms with Gasteiger partial charge in [-0.3, -0.25) is 0 Å². The number of fused-ring (bicyclic) bond motifs is 6. The summed E-state index contributed by atoms with van der Waals surface area (Å²) in [5.74, 6) is 0. The zero-order valence-electron chi connectivity index (χ0n) is 25.8. The molecule has 4 heteroatoms. The lowest BCUT2D eigenvalue weighted by atomic mass is 9.95. The van der Waals surface area contributed by atoms with Gasteiger partial charge in [0.2, 0.25) is 0 Å². The van der Waals surface area contributed by atoms with Crippen LogP contribution in [0.25, 0.3) is 82.1 Å². The van der Waals surface area contributed by atoms with Crippen LogP contribution in [0.2, 0.25) is 0 Å². The van der Waals surface area contributed by atoms with Gasteiger partial charge in [0.25, 0.3) is 0 Å². The summed E-state index contributed by atoms with van der Waals surface area (Å²) in [5, 5.41) is 15.0. The number of nitrogens with zero attached hydrogens (tertiary/aromatic N) is 4. The van der Waals surface area contributed by atoms with Crippen molar-refractivity contribution in [2.75, 3.05) is 0 Å². The first-order chi connectivity index (χ1) is 23.7. The summed E-state index contributed by atoms with van der Waals surface area (Å²) < 4.78 is 4.48. The van der Waals surface area contributed by atoms with Gasteiger partial charge in [-0.25, -0.2) is 4.85 Å². The molecule has 0 aliphatic heterocycles. The van der Waals surface area contributed by atoms with E-state index in [9.17, 15) is 5.26 Å². The van der Waals surface area contributed by atoms with Crippen molar-refractivity contribution < 1.29 is 0 Å². The Hall–Kier alpha value is -6.88. The van der Waals surface area contributed by atoms with Crippen LogP contribution in [0, 0.1) is 17.9 Å². The highest BCUT2D eigenvalue weighted by molar-refractivity contribution is 6.10. The number of aromatic nitrogens is 2. The molecule has 0 saturated heterocycles. The summed E-state index contributed by atoms with van der Waals surface area (Å²) in [6.07, 6.45) is 0. The monoisotopic (exact) mass is 610 g/mol. The van der Waals surface area contributed by atoms with Gasteiger partial charge in [-0.15, -0.1) is 0 Å². The smallest absolute Gasteiger partial charge is 0.196 e. The number of hydrogen-bond donors (Lipinski definition) is 0. The standard InChI is InChI=1S/C44H26N4/c1-46-39-26-32(28-45)44(48-42-21-11-7-17-36(42)37-18-8-12-22-43(37)48)27-38(39)31-23-30(29-13-3-2-4-14-29)24-33(25-31)47-40-19-9-5-15-34(40)35-16-6-10-20-41(35)47/h2-27H. The minimum atomic E-state index is 0.439. The molecule has 0 saturated carbocycles. The predicted molar refractivity (Wildman–Crippen MR) is 197 cm³/mol. The van der Waals surface area contributed by atoms with Gasteiger partial charge < -0.3 is 9.13 Å². The SMILES string of the molecule is [C-]#[N+]c1cc(C#N)c(-n2c3ccccc3c3ccccc32)cc1-c1cc(-c2ccccc2)cc(-n2c3ccccc3c3ccccc32)c1. The highest BCUT2D eigenvalue weighted by Gasteiger charge is 2.20. The lowest BCUT2D eigenvalue weighted by Gasteiger charge is -2.17. The number of hydrogen-bond acceptors (Lipinski definition) is 1. The fourth-order valence-corrected chi connectivity index (χ4v) is 7.25. The van der Waals surface area contributed by atoms with Crippen LogP contribution in [-0.4, -0.2) is 9.13 Å². The molecule has 7 aromatic carbocycles. The van der Waals surface area contributed by atoms with Crippen LogP contribution in [0.4, 0.5) is 5.69 Å². The van der Waals surface area contributed by atoms with Crippen LogP contribution in [0.5, 0.6) is 0 Å². The van der Waals surface area contributed by atoms with Crippen molar-refractivity contribution in [3.05, 3.63) is 175 Å². The Morgan fingerprint density at radius 1 is 0.479 bits per heavy atom. The van der Waals surface area contributed by atoms with Gasteiger partial charge in [-0.05, 0) is 76.9 Å². The van der Waals surface area contributed by atoms with E-state index < -0.39 is 0 Å². The molecule has 2 heterocycles. The molecule has 0 spiro atoms. The Morgan fingerprint density at radius 3 is 1.48 bits per heavy atom. The molecule has 9 rings (SSSR count). The summed E-state index contributed by atoms with van der Waals surface area (Å²) >= 11 is 0. The van der Waals surface area contributed by atoms with Crippen LogP contribution in [-0.2, 0) is 0 Å². The Bertz CT molecular complexity index is 2700. The average molecular weight is 611 g/mol. The predicted octanol–water partition coefficient (Wildman–Crippen LogP) is 11.6.